The van der Waals surface area contributed by atoms with Gasteiger partial charge in [0.15, 0.2) is 0 Å². The molecule has 0 bridgehead atoms. The molecule has 2 nitrogen and oxygen atoms in total. The fourth-order valence-electron chi connectivity index (χ4n) is 7.94. The highest BCUT2D eigenvalue weighted by molar-refractivity contribution is 6.25. The van der Waals surface area contributed by atoms with Crippen molar-refractivity contribution in [2.45, 2.75) is 0 Å². The van der Waals surface area contributed by atoms with Crippen LogP contribution in [0.1, 0.15) is 5.56 Å². The highest BCUT2D eigenvalue weighted by Crippen LogP contribution is 2.43. The zero-order valence-corrected chi connectivity index (χ0v) is 26.6. The largest absolute Gasteiger partial charge is 0.309 e. The Morgan fingerprint density at radius 1 is 0.388 bits per heavy atom. The molecule has 0 spiro atoms. The molecule has 10 aromatic rings. The van der Waals surface area contributed by atoms with Crippen LogP contribution in [0.25, 0.3) is 93.2 Å². The summed E-state index contributed by atoms with van der Waals surface area (Å²) in [4.78, 5) is 0. The van der Waals surface area contributed by atoms with Crippen LogP contribution in [0.5, 0.6) is 0 Å². The molecule has 2 heteroatoms. The van der Waals surface area contributed by atoms with Crippen LogP contribution in [0.3, 0.4) is 0 Å². The van der Waals surface area contributed by atoms with Crippen LogP contribution < -0.4 is 0 Å². The van der Waals surface area contributed by atoms with Crippen LogP contribution in [-0.2, 0) is 0 Å². The number of rotatable bonds is 4. The lowest BCUT2D eigenvalue weighted by atomic mass is 9.89. The van der Waals surface area contributed by atoms with Crippen molar-refractivity contribution in [3.8, 4) is 45.1 Å². The van der Waals surface area contributed by atoms with E-state index in [9.17, 15) is 5.26 Å². The molecule has 0 fully saturated rings. The molecule has 1 aromatic heterocycles. The Morgan fingerprint density at radius 2 is 0.980 bits per heavy atom. The van der Waals surface area contributed by atoms with Gasteiger partial charge in [0.1, 0.15) is 0 Å². The van der Waals surface area contributed by atoms with E-state index in [0.717, 1.165) is 22.1 Å². The van der Waals surface area contributed by atoms with Crippen molar-refractivity contribution in [1.82, 2.24) is 4.57 Å². The summed E-state index contributed by atoms with van der Waals surface area (Å²) in [7, 11) is 0. The minimum Gasteiger partial charge on any atom is -0.309 e. The van der Waals surface area contributed by atoms with Gasteiger partial charge in [-0.05, 0) is 102 Å². The van der Waals surface area contributed by atoms with Gasteiger partial charge < -0.3 is 4.57 Å². The molecular formula is C47H28N2. The van der Waals surface area contributed by atoms with Crippen LogP contribution in [0.15, 0.2) is 170 Å². The summed E-state index contributed by atoms with van der Waals surface area (Å²) >= 11 is 0. The summed E-state index contributed by atoms with van der Waals surface area (Å²) in [5.41, 5.74) is 11.2. The van der Waals surface area contributed by atoms with Gasteiger partial charge in [-0.2, -0.15) is 5.26 Å². The minimum atomic E-state index is 0.670. The topological polar surface area (TPSA) is 28.7 Å². The Bertz CT molecular complexity index is 2920. The summed E-state index contributed by atoms with van der Waals surface area (Å²) in [6, 6.07) is 63.4. The van der Waals surface area contributed by atoms with Gasteiger partial charge in [0.2, 0.25) is 0 Å². The lowest BCUT2D eigenvalue weighted by Gasteiger charge is -2.14. The Labute approximate surface area is 283 Å². The van der Waals surface area contributed by atoms with E-state index >= 15 is 0 Å². The van der Waals surface area contributed by atoms with Crippen LogP contribution in [0.2, 0.25) is 0 Å². The fraction of sp³-hybridized carbons (Fsp3) is 0. The molecule has 49 heavy (non-hydrogen) atoms. The molecule has 0 atom stereocenters. The van der Waals surface area contributed by atoms with E-state index in [4.69, 9.17) is 0 Å². The lowest BCUT2D eigenvalue weighted by molar-refractivity contribution is 1.18. The van der Waals surface area contributed by atoms with E-state index in [-0.39, 0.29) is 0 Å². The minimum absolute atomic E-state index is 0.670. The van der Waals surface area contributed by atoms with E-state index in [2.05, 4.69) is 162 Å². The van der Waals surface area contributed by atoms with Gasteiger partial charge in [-0.1, -0.05) is 133 Å². The summed E-state index contributed by atoms with van der Waals surface area (Å²) < 4.78 is 2.31. The second-order valence-electron chi connectivity index (χ2n) is 12.8. The molecule has 0 amide bonds. The monoisotopic (exact) mass is 620 g/mol. The molecule has 0 aliphatic heterocycles. The highest BCUT2D eigenvalue weighted by atomic mass is 15.0. The predicted octanol–water partition coefficient (Wildman–Crippen LogP) is 12.6. The first-order valence-electron chi connectivity index (χ1n) is 16.7. The first kappa shape index (κ1) is 27.4. The van der Waals surface area contributed by atoms with Crippen LogP contribution in [0.4, 0.5) is 0 Å². The van der Waals surface area contributed by atoms with Crippen LogP contribution in [-0.4, -0.2) is 4.57 Å². The molecule has 0 unspecified atom stereocenters. The Morgan fingerprint density at radius 3 is 1.76 bits per heavy atom. The number of fused-ring (bicyclic) bond motifs is 2. The number of hydrogen-bond acceptors (Lipinski definition) is 1. The number of benzene rings is 9. The molecule has 0 saturated heterocycles. The van der Waals surface area contributed by atoms with Gasteiger partial charge in [-0.15, -0.1) is 0 Å². The Balaban J connectivity index is 1.12. The first-order chi connectivity index (χ1) is 24.2. The second-order valence-corrected chi connectivity index (χ2v) is 12.8. The molecule has 0 radical (unpaired) electrons. The van der Waals surface area contributed by atoms with Gasteiger partial charge >= 0.3 is 0 Å². The Kier molecular flexibility index (Phi) is 5.97. The van der Waals surface area contributed by atoms with Gasteiger partial charge in [-0.3, -0.25) is 0 Å². The van der Waals surface area contributed by atoms with Gasteiger partial charge in [0.05, 0.1) is 22.7 Å². The van der Waals surface area contributed by atoms with Crippen LogP contribution in [0, 0.1) is 11.3 Å². The summed E-state index contributed by atoms with van der Waals surface area (Å²) in [5.74, 6) is 0. The molecule has 10 rings (SSSR count). The number of aromatic nitrogens is 1. The van der Waals surface area contributed by atoms with Crippen molar-refractivity contribution in [1.29, 1.82) is 5.26 Å². The smallest absolute Gasteiger partial charge is 0.0992 e. The zero-order chi connectivity index (χ0) is 32.5. The van der Waals surface area contributed by atoms with E-state index < -0.39 is 0 Å². The SMILES string of the molecule is N#Cc1cc2ccc3cc(-c4ccc(-c5ccc(-c6cccc7ccccc67)c6ccccc56)cc4)cc4c3c2c(c1)n4-c1ccccc1. The fourth-order valence-corrected chi connectivity index (χ4v) is 7.94. The molecule has 1 heterocycles. The van der Waals surface area contributed by atoms with Crippen molar-refractivity contribution in [2.24, 2.45) is 0 Å². The average Bonchev–Trinajstić information content (AvgIpc) is 3.51. The lowest BCUT2D eigenvalue weighted by Crippen LogP contribution is -1.94. The third kappa shape index (κ3) is 4.20. The van der Waals surface area contributed by atoms with Crippen molar-refractivity contribution >= 4 is 54.1 Å². The van der Waals surface area contributed by atoms with Gasteiger partial charge in [-0.25, -0.2) is 0 Å². The maximum atomic E-state index is 9.85. The molecule has 0 aliphatic rings. The molecule has 0 aliphatic carbocycles. The maximum absolute atomic E-state index is 9.85. The van der Waals surface area contributed by atoms with E-state index in [1.54, 1.807) is 0 Å². The zero-order valence-electron chi connectivity index (χ0n) is 26.6. The highest BCUT2D eigenvalue weighted by Gasteiger charge is 2.19. The molecule has 9 aromatic carbocycles. The summed E-state index contributed by atoms with van der Waals surface area (Å²) in [6.07, 6.45) is 0. The number of nitriles is 1. The van der Waals surface area contributed by atoms with Gasteiger partial charge in [0.25, 0.3) is 0 Å². The molecular weight excluding hydrogens is 593 g/mol. The van der Waals surface area contributed by atoms with Crippen molar-refractivity contribution in [3.63, 3.8) is 0 Å². The number of nitrogens with zero attached hydrogens (tertiary/aromatic N) is 2. The number of hydrogen-bond donors (Lipinski definition) is 0. The summed E-state index contributed by atoms with van der Waals surface area (Å²) in [5, 5.41) is 19.6. The third-order valence-corrected chi connectivity index (χ3v) is 10.1. The van der Waals surface area contributed by atoms with E-state index in [1.807, 2.05) is 18.2 Å². The van der Waals surface area contributed by atoms with E-state index in [0.29, 0.717) is 5.56 Å². The quantitative estimate of drug-likeness (QED) is 0.180. The first-order valence-corrected chi connectivity index (χ1v) is 16.7. The summed E-state index contributed by atoms with van der Waals surface area (Å²) in [6.45, 7) is 0. The standard InChI is InChI=1S/C47H28N2/c48-29-30-25-34-21-22-35-27-36(28-45-47(35)46(34)44(26-30)49(45)37-11-2-1-3-12-37)31-17-19-33(20-18-31)39-23-24-43(42-15-7-6-14-40(39)42)41-16-8-10-32-9-4-5-13-38(32)41/h1-28H. The maximum Gasteiger partial charge on any atom is 0.0992 e. The second kappa shape index (κ2) is 10.7. The van der Waals surface area contributed by atoms with Crippen molar-refractivity contribution < 1.29 is 0 Å². The normalized spacial score (nSPS) is 11.7. The van der Waals surface area contributed by atoms with Crippen LogP contribution >= 0.6 is 0 Å². The molecule has 226 valence electrons. The van der Waals surface area contributed by atoms with Crippen molar-refractivity contribution in [2.75, 3.05) is 0 Å². The molecule has 0 saturated carbocycles. The average molecular weight is 621 g/mol. The van der Waals surface area contributed by atoms with Gasteiger partial charge in [0, 0.05) is 16.5 Å². The third-order valence-electron chi connectivity index (χ3n) is 10.1. The molecule has 0 N–H and O–H groups in total. The number of para-hydroxylation sites is 1. The van der Waals surface area contributed by atoms with E-state index in [1.165, 1.54) is 71.1 Å². The Hall–Kier alpha value is -6.69. The predicted molar refractivity (Wildman–Crippen MR) is 206 cm³/mol. The van der Waals surface area contributed by atoms with Crippen molar-refractivity contribution in [3.05, 3.63) is 175 Å².